The van der Waals surface area contributed by atoms with Gasteiger partial charge in [-0.1, -0.05) is 258 Å². The van der Waals surface area contributed by atoms with E-state index in [2.05, 4.69) is 32.9 Å². The van der Waals surface area contributed by atoms with Crippen LogP contribution in [0.15, 0.2) is 12.2 Å². The molecule has 0 rings (SSSR count). The minimum absolute atomic E-state index is 0.0685. The zero-order valence-electron chi connectivity index (χ0n) is 41.9. The second-order valence-electron chi connectivity index (χ2n) is 18.9. The van der Waals surface area contributed by atoms with Crippen molar-refractivity contribution < 1.29 is 28.6 Å². The number of ether oxygens (including phenoxy) is 3. The van der Waals surface area contributed by atoms with Gasteiger partial charge in [0.05, 0.1) is 0 Å². The molecule has 1 atom stereocenters. The average molecular weight is 875 g/mol. The molecule has 62 heavy (non-hydrogen) atoms. The molecule has 0 aliphatic carbocycles. The minimum atomic E-state index is -0.766. The number of allylic oxidation sites excluding steroid dienone is 2. The van der Waals surface area contributed by atoms with E-state index in [0.717, 1.165) is 64.2 Å². The van der Waals surface area contributed by atoms with Gasteiger partial charge >= 0.3 is 17.9 Å². The molecule has 0 heterocycles. The van der Waals surface area contributed by atoms with Crippen molar-refractivity contribution in [3.63, 3.8) is 0 Å². The minimum Gasteiger partial charge on any atom is -0.462 e. The third kappa shape index (κ3) is 49.2. The van der Waals surface area contributed by atoms with Crippen LogP contribution in [0.4, 0.5) is 0 Å². The fourth-order valence-corrected chi connectivity index (χ4v) is 8.32. The number of hydrogen-bond donors (Lipinski definition) is 0. The molecule has 1 unspecified atom stereocenters. The van der Waals surface area contributed by atoms with E-state index in [1.807, 2.05) is 0 Å². The van der Waals surface area contributed by atoms with Crippen LogP contribution in [0.1, 0.15) is 310 Å². The number of carbonyl (C=O) groups is 3. The summed E-state index contributed by atoms with van der Waals surface area (Å²) in [6.07, 6.45) is 58.0. The Balaban J connectivity index is 4.09. The van der Waals surface area contributed by atoms with Crippen LogP contribution in [-0.2, 0) is 28.6 Å². The Kier molecular flexibility index (Phi) is 50.2. The lowest BCUT2D eigenvalue weighted by Gasteiger charge is -2.18. The zero-order chi connectivity index (χ0) is 45.1. The molecule has 0 aromatic carbocycles. The molecule has 0 saturated heterocycles. The standard InChI is InChI=1S/C56H106O6/c1-4-7-10-13-16-19-21-23-24-25-26-27-28-29-30-31-32-33-34-36-37-40-43-46-49-55(58)61-52-53(51-60-54(57)48-45-42-39-18-15-12-9-6-3)62-56(59)50-47-44-41-38-35-22-20-17-14-11-8-5-2/h17,20,53H,4-16,18-19,21-52H2,1-3H3/b20-17-. The van der Waals surface area contributed by atoms with Crippen molar-refractivity contribution in [3.8, 4) is 0 Å². The van der Waals surface area contributed by atoms with Gasteiger partial charge in [0.1, 0.15) is 13.2 Å². The molecule has 0 spiro atoms. The molecule has 0 aliphatic heterocycles. The van der Waals surface area contributed by atoms with E-state index in [9.17, 15) is 14.4 Å². The molecule has 0 aromatic rings. The summed E-state index contributed by atoms with van der Waals surface area (Å²) in [6, 6.07) is 0. The third-order valence-corrected chi connectivity index (χ3v) is 12.5. The van der Waals surface area contributed by atoms with Gasteiger partial charge in [-0.25, -0.2) is 0 Å². The quantitative estimate of drug-likeness (QED) is 0.0262. The highest BCUT2D eigenvalue weighted by atomic mass is 16.6. The molecule has 6 nitrogen and oxygen atoms in total. The smallest absolute Gasteiger partial charge is 0.306 e. The van der Waals surface area contributed by atoms with Crippen LogP contribution < -0.4 is 0 Å². The van der Waals surface area contributed by atoms with Crippen LogP contribution >= 0.6 is 0 Å². The lowest BCUT2D eigenvalue weighted by atomic mass is 10.0. The molecule has 0 saturated carbocycles. The van der Waals surface area contributed by atoms with Crippen molar-refractivity contribution >= 4 is 17.9 Å². The molecule has 6 heteroatoms. The Morgan fingerprint density at radius 3 is 0.839 bits per heavy atom. The molecule has 366 valence electrons. The molecule has 0 N–H and O–H groups in total. The predicted octanol–water partition coefficient (Wildman–Crippen LogP) is 18.2. The average Bonchev–Trinajstić information content (AvgIpc) is 3.27. The normalized spacial score (nSPS) is 12.0. The summed E-state index contributed by atoms with van der Waals surface area (Å²) >= 11 is 0. The molecule has 0 aliphatic rings. The molecule has 0 amide bonds. The van der Waals surface area contributed by atoms with Gasteiger partial charge in [-0.3, -0.25) is 14.4 Å². The van der Waals surface area contributed by atoms with Crippen LogP contribution in [0.2, 0.25) is 0 Å². The van der Waals surface area contributed by atoms with Gasteiger partial charge in [0, 0.05) is 19.3 Å². The fraction of sp³-hybridized carbons (Fsp3) is 0.911. The third-order valence-electron chi connectivity index (χ3n) is 12.5. The Bertz CT molecular complexity index is 962. The first kappa shape index (κ1) is 60.2. The first-order valence-corrected chi connectivity index (χ1v) is 27.7. The van der Waals surface area contributed by atoms with E-state index in [1.54, 1.807) is 0 Å². The summed E-state index contributed by atoms with van der Waals surface area (Å²) in [4.78, 5) is 37.8. The number of rotatable bonds is 51. The summed E-state index contributed by atoms with van der Waals surface area (Å²) in [5.41, 5.74) is 0. The van der Waals surface area contributed by atoms with Crippen molar-refractivity contribution in [2.75, 3.05) is 13.2 Å². The maximum absolute atomic E-state index is 12.7. The van der Waals surface area contributed by atoms with Crippen molar-refractivity contribution in [2.45, 2.75) is 316 Å². The van der Waals surface area contributed by atoms with Crippen molar-refractivity contribution in [1.29, 1.82) is 0 Å². The van der Waals surface area contributed by atoms with Crippen LogP contribution in [-0.4, -0.2) is 37.2 Å². The Morgan fingerprint density at radius 2 is 0.532 bits per heavy atom. The topological polar surface area (TPSA) is 78.9 Å². The highest BCUT2D eigenvalue weighted by molar-refractivity contribution is 5.71. The lowest BCUT2D eigenvalue weighted by Crippen LogP contribution is -2.30. The van der Waals surface area contributed by atoms with Gasteiger partial charge in [-0.15, -0.1) is 0 Å². The van der Waals surface area contributed by atoms with Crippen molar-refractivity contribution in [1.82, 2.24) is 0 Å². The number of unbranched alkanes of at least 4 members (excludes halogenated alkanes) is 38. The van der Waals surface area contributed by atoms with Gasteiger partial charge in [-0.05, 0) is 44.9 Å². The number of esters is 3. The van der Waals surface area contributed by atoms with Gasteiger partial charge in [0.15, 0.2) is 6.10 Å². The second kappa shape index (κ2) is 51.8. The molecule has 0 radical (unpaired) electrons. The van der Waals surface area contributed by atoms with Gasteiger partial charge in [0.2, 0.25) is 0 Å². The monoisotopic (exact) mass is 875 g/mol. The van der Waals surface area contributed by atoms with E-state index in [0.29, 0.717) is 19.3 Å². The maximum Gasteiger partial charge on any atom is 0.306 e. The zero-order valence-corrected chi connectivity index (χ0v) is 41.9. The van der Waals surface area contributed by atoms with Crippen molar-refractivity contribution in [3.05, 3.63) is 12.2 Å². The maximum atomic E-state index is 12.7. The van der Waals surface area contributed by atoms with Crippen LogP contribution in [0.25, 0.3) is 0 Å². The largest absolute Gasteiger partial charge is 0.462 e. The molecular weight excluding hydrogens is 769 g/mol. The van der Waals surface area contributed by atoms with Gasteiger partial charge in [-0.2, -0.15) is 0 Å². The summed E-state index contributed by atoms with van der Waals surface area (Å²) in [7, 11) is 0. The predicted molar refractivity (Wildman–Crippen MR) is 266 cm³/mol. The van der Waals surface area contributed by atoms with Crippen LogP contribution in [0.3, 0.4) is 0 Å². The summed E-state index contributed by atoms with van der Waals surface area (Å²) in [5.74, 6) is -0.865. The first-order chi connectivity index (χ1) is 30.5. The Labute approximate surface area is 386 Å². The van der Waals surface area contributed by atoms with Crippen LogP contribution in [0, 0.1) is 0 Å². The van der Waals surface area contributed by atoms with Gasteiger partial charge < -0.3 is 14.2 Å². The number of hydrogen-bond acceptors (Lipinski definition) is 6. The molecule has 0 aromatic heterocycles. The van der Waals surface area contributed by atoms with Gasteiger partial charge in [0.25, 0.3) is 0 Å². The van der Waals surface area contributed by atoms with E-state index < -0.39 is 6.10 Å². The lowest BCUT2D eigenvalue weighted by molar-refractivity contribution is -0.167. The highest BCUT2D eigenvalue weighted by Crippen LogP contribution is 2.17. The van der Waals surface area contributed by atoms with E-state index in [-0.39, 0.29) is 31.1 Å². The summed E-state index contributed by atoms with van der Waals surface area (Å²) in [6.45, 7) is 6.62. The highest BCUT2D eigenvalue weighted by Gasteiger charge is 2.19. The van der Waals surface area contributed by atoms with Crippen molar-refractivity contribution in [2.24, 2.45) is 0 Å². The Hall–Kier alpha value is -1.85. The fourth-order valence-electron chi connectivity index (χ4n) is 8.32. The molecule has 0 bridgehead atoms. The van der Waals surface area contributed by atoms with E-state index >= 15 is 0 Å². The second-order valence-corrected chi connectivity index (χ2v) is 18.9. The SMILES string of the molecule is CCCCC/C=C\CCCCCCCC(=O)OC(COC(=O)CCCCCCCCCC)COC(=O)CCCCCCCCCCCCCCCCCCCCCCCCCC. The summed E-state index contributed by atoms with van der Waals surface area (Å²) in [5, 5.41) is 0. The van der Waals surface area contributed by atoms with E-state index in [4.69, 9.17) is 14.2 Å². The summed E-state index contributed by atoms with van der Waals surface area (Å²) < 4.78 is 16.8. The molecular formula is C56H106O6. The van der Waals surface area contributed by atoms with Crippen LogP contribution in [0.5, 0.6) is 0 Å². The first-order valence-electron chi connectivity index (χ1n) is 27.7. The Morgan fingerprint density at radius 1 is 0.306 bits per heavy atom. The number of carbonyl (C=O) groups excluding carboxylic acids is 3. The van der Waals surface area contributed by atoms with E-state index in [1.165, 1.54) is 205 Å². The molecule has 0 fully saturated rings.